The standard InChI is InChI=1S/C19H26BrNO4/c1-4-24-19-15(6-5-11-22)16(13-7-9-14(20)10-8-13)12-17(25-19)18(23)21(2)3/h7-10,12,15-16,19,22H,4-6,11H2,1-3H3/t15-,16-,19-/m1/s1. The summed E-state index contributed by atoms with van der Waals surface area (Å²) in [6.07, 6.45) is 2.80. The molecule has 25 heavy (non-hydrogen) atoms. The van der Waals surface area contributed by atoms with Crippen LogP contribution in [0.15, 0.2) is 40.6 Å². The summed E-state index contributed by atoms with van der Waals surface area (Å²) in [5.41, 5.74) is 1.10. The number of benzene rings is 1. The van der Waals surface area contributed by atoms with Gasteiger partial charge < -0.3 is 19.5 Å². The number of aliphatic hydroxyl groups is 1. The summed E-state index contributed by atoms with van der Waals surface area (Å²) in [5.74, 6) is 0.167. The Morgan fingerprint density at radius 2 is 2.00 bits per heavy atom. The van der Waals surface area contributed by atoms with Crippen LogP contribution >= 0.6 is 15.9 Å². The second-order valence-corrected chi connectivity index (χ2v) is 7.19. The second-order valence-electron chi connectivity index (χ2n) is 6.28. The van der Waals surface area contributed by atoms with Crippen molar-refractivity contribution in [1.29, 1.82) is 0 Å². The van der Waals surface area contributed by atoms with Crippen molar-refractivity contribution in [3.63, 3.8) is 0 Å². The lowest BCUT2D eigenvalue weighted by molar-refractivity contribution is -0.169. The van der Waals surface area contributed by atoms with Gasteiger partial charge in [-0.1, -0.05) is 28.1 Å². The Morgan fingerprint density at radius 1 is 1.32 bits per heavy atom. The number of hydrogen-bond acceptors (Lipinski definition) is 4. The third-order valence-corrected chi connectivity index (χ3v) is 4.81. The van der Waals surface area contributed by atoms with Crippen molar-refractivity contribution in [3.8, 4) is 0 Å². The summed E-state index contributed by atoms with van der Waals surface area (Å²) in [6.45, 7) is 2.53. The van der Waals surface area contributed by atoms with Crippen LogP contribution in [0.2, 0.25) is 0 Å². The molecule has 0 aliphatic carbocycles. The highest BCUT2D eigenvalue weighted by atomic mass is 79.9. The third-order valence-electron chi connectivity index (χ3n) is 4.28. The zero-order valence-corrected chi connectivity index (χ0v) is 16.5. The number of ether oxygens (including phenoxy) is 2. The van der Waals surface area contributed by atoms with Crippen LogP contribution in [0.25, 0.3) is 0 Å². The van der Waals surface area contributed by atoms with Crippen molar-refractivity contribution >= 4 is 21.8 Å². The van der Waals surface area contributed by atoms with Crippen molar-refractivity contribution in [2.75, 3.05) is 27.3 Å². The van der Waals surface area contributed by atoms with E-state index in [1.54, 1.807) is 14.1 Å². The van der Waals surface area contributed by atoms with Gasteiger partial charge in [0.05, 0.1) is 0 Å². The SMILES string of the molecule is CCO[C@@H]1OC(C(=O)N(C)C)=C[C@H](c2ccc(Br)cc2)[C@H]1CCCO. The largest absolute Gasteiger partial charge is 0.459 e. The van der Waals surface area contributed by atoms with Crippen LogP contribution in [0, 0.1) is 5.92 Å². The summed E-state index contributed by atoms with van der Waals surface area (Å²) < 4.78 is 12.7. The number of nitrogens with zero attached hydrogens (tertiary/aromatic N) is 1. The Morgan fingerprint density at radius 3 is 2.56 bits per heavy atom. The fourth-order valence-corrected chi connectivity index (χ4v) is 3.31. The fourth-order valence-electron chi connectivity index (χ4n) is 3.04. The fraction of sp³-hybridized carbons (Fsp3) is 0.526. The first-order chi connectivity index (χ1) is 12.0. The van der Waals surface area contributed by atoms with Gasteiger partial charge in [-0.25, -0.2) is 0 Å². The molecule has 1 aromatic rings. The molecule has 0 saturated carbocycles. The molecule has 138 valence electrons. The molecule has 0 saturated heterocycles. The van der Waals surface area contributed by atoms with Gasteiger partial charge in [-0.2, -0.15) is 0 Å². The van der Waals surface area contributed by atoms with E-state index in [4.69, 9.17) is 9.47 Å². The Balaban J connectivity index is 2.42. The number of halogens is 1. The summed E-state index contributed by atoms with van der Waals surface area (Å²) in [6, 6.07) is 8.07. The molecule has 3 atom stereocenters. The first-order valence-corrected chi connectivity index (χ1v) is 9.35. The molecular formula is C19H26BrNO4. The first kappa shape index (κ1) is 19.9. The van der Waals surface area contributed by atoms with Crippen molar-refractivity contribution in [1.82, 2.24) is 4.90 Å². The van der Waals surface area contributed by atoms with E-state index in [-0.39, 0.29) is 24.3 Å². The molecule has 1 aromatic carbocycles. The maximum absolute atomic E-state index is 12.4. The van der Waals surface area contributed by atoms with Crippen LogP contribution in [0.5, 0.6) is 0 Å². The molecule has 0 aromatic heterocycles. The number of rotatable bonds is 7. The summed E-state index contributed by atoms with van der Waals surface area (Å²) in [5, 5.41) is 9.26. The average Bonchev–Trinajstić information content (AvgIpc) is 2.60. The van der Waals surface area contributed by atoms with Gasteiger partial charge in [0.2, 0.25) is 6.29 Å². The van der Waals surface area contributed by atoms with Gasteiger partial charge in [0.1, 0.15) is 0 Å². The highest BCUT2D eigenvalue weighted by Crippen LogP contribution is 2.39. The van der Waals surface area contributed by atoms with Crippen LogP contribution < -0.4 is 0 Å². The lowest BCUT2D eigenvalue weighted by Gasteiger charge is -2.37. The highest BCUT2D eigenvalue weighted by Gasteiger charge is 2.38. The normalized spacial score (nSPS) is 22.9. The van der Waals surface area contributed by atoms with Gasteiger partial charge in [0, 0.05) is 43.6 Å². The van der Waals surface area contributed by atoms with Gasteiger partial charge in [-0.3, -0.25) is 4.79 Å². The molecule has 0 fully saturated rings. The van der Waals surface area contributed by atoms with E-state index in [9.17, 15) is 9.90 Å². The predicted octanol–water partition coefficient (Wildman–Crippen LogP) is 3.29. The lowest BCUT2D eigenvalue weighted by atomic mass is 9.80. The maximum atomic E-state index is 12.4. The van der Waals surface area contributed by atoms with Crippen molar-refractivity contribution < 1.29 is 19.4 Å². The highest BCUT2D eigenvalue weighted by molar-refractivity contribution is 9.10. The number of carbonyl (C=O) groups excluding carboxylic acids is 1. The van der Waals surface area contributed by atoms with Crippen LogP contribution in [0.1, 0.15) is 31.2 Å². The number of amides is 1. The molecule has 0 bridgehead atoms. The number of carbonyl (C=O) groups is 1. The minimum atomic E-state index is -0.505. The van der Waals surface area contributed by atoms with E-state index in [1.807, 2.05) is 37.3 Å². The monoisotopic (exact) mass is 411 g/mol. The van der Waals surface area contributed by atoms with E-state index in [0.717, 1.165) is 16.5 Å². The van der Waals surface area contributed by atoms with Gasteiger partial charge >= 0.3 is 0 Å². The van der Waals surface area contributed by atoms with Gasteiger partial charge in [0.15, 0.2) is 5.76 Å². The third kappa shape index (κ3) is 5.06. The second kappa shape index (κ2) is 9.36. The van der Waals surface area contributed by atoms with E-state index >= 15 is 0 Å². The molecule has 0 unspecified atom stereocenters. The Labute approximate surface area is 157 Å². The van der Waals surface area contributed by atoms with Gasteiger partial charge in [-0.05, 0) is 43.5 Å². The van der Waals surface area contributed by atoms with E-state index in [2.05, 4.69) is 15.9 Å². The van der Waals surface area contributed by atoms with E-state index in [1.165, 1.54) is 4.90 Å². The number of aliphatic hydroxyl groups excluding tert-OH is 1. The summed E-state index contributed by atoms with van der Waals surface area (Å²) >= 11 is 3.46. The van der Waals surface area contributed by atoms with Crippen LogP contribution in [-0.4, -0.2) is 49.5 Å². The van der Waals surface area contributed by atoms with Crippen LogP contribution in [0.3, 0.4) is 0 Å². The Bertz CT molecular complexity index is 600. The molecule has 1 aliphatic rings. The van der Waals surface area contributed by atoms with E-state index < -0.39 is 6.29 Å². The maximum Gasteiger partial charge on any atom is 0.288 e. The van der Waals surface area contributed by atoms with Crippen LogP contribution in [0.4, 0.5) is 0 Å². The van der Waals surface area contributed by atoms with E-state index in [0.29, 0.717) is 18.8 Å². The molecule has 2 rings (SSSR count). The van der Waals surface area contributed by atoms with Crippen molar-refractivity contribution in [3.05, 3.63) is 46.1 Å². The molecule has 1 N–H and O–H groups in total. The first-order valence-electron chi connectivity index (χ1n) is 8.56. The molecule has 6 heteroatoms. The van der Waals surface area contributed by atoms with Crippen molar-refractivity contribution in [2.24, 2.45) is 5.92 Å². The molecule has 5 nitrogen and oxygen atoms in total. The predicted molar refractivity (Wildman–Crippen MR) is 100.0 cm³/mol. The quantitative estimate of drug-likeness (QED) is 0.747. The molecule has 1 aliphatic heterocycles. The number of likely N-dealkylation sites (N-methyl/N-ethyl adjacent to an activating group) is 1. The smallest absolute Gasteiger partial charge is 0.288 e. The van der Waals surface area contributed by atoms with Gasteiger partial charge in [0.25, 0.3) is 5.91 Å². The minimum absolute atomic E-state index is 0.0103. The zero-order chi connectivity index (χ0) is 18.4. The average molecular weight is 412 g/mol. The van der Waals surface area contributed by atoms with Crippen molar-refractivity contribution in [2.45, 2.75) is 32.0 Å². The Kier molecular flexibility index (Phi) is 7.47. The minimum Gasteiger partial charge on any atom is -0.459 e. The molecule has 0 radical (unpaired) electrons. The Hall–Kier alpha value is -1.37. The number of allylic oxidation sites excluding steroid dienone is 1. The van der Waals surface area contributed by atoms with Gasteiger partial charge in [-0.15, -0.1) is 0 Å². The number of hydrogen-bond donors (Lipinski definition) is 1. The summed E-state index contributed by atoms with van der Waals surface area (Å²) in [4.78, 5) is 13.9. The molecule has 1 amide bonds. The topological polar surface area (TPSA) is 59.0 Å². The lowest BCUT2D eigenvalue weighted by Crippen LogP contribution is -2.38. The summed E-state index contributed by atoms with van der Waals surface area (Å²) in [7, 11) is 3.41. The molecular weight excluding hydrogens is 386 g/mol. The molecule has 1 heterocycles. The molecule has 0 spiro atoms. The zero-order valence-electron chi connectivity index (χ0n) is 14.9. The van der Waals surface area contributed by atoms with Crippen LogP contribution in [-0.2, 0) is 14.3 Å².